The summed E-state index contributed by atoms with van der Waals surface area (Å²) in [4.78, 5) is 25.9. The highest BCUT2D eigenvalue weighted by atomic mass is 16.5. The zero-order valence-electron chi connectivity index (χ0n) is 35.7. The molecule has 0 aromatic heterocycles. The van der Waals surface area contributed by atoms with E-state index in [-0.39, 0.29) is 24.9 Å². The summed E-state index contributed by atoms with van der Waals surface area (Å²) in [5, 5.41) is 23.6. The van der Waals surface area contributed by atoms with Gasteiger partial charge in [-0.2, -0.15) is 0 Å². The minimum atomic E-state index is -0.781. The molecule has 0 spiro atoms. The minimum Gasteiger partial charge on any atom is -0.462 e. The van der Waals surface area contributed by atoms with E-state index in [1.54, 1.807) is 0 Å². The van der Waals surface area contributed by atoms with Gasteiger partial charge in [-0.3, -0.25) is 9.59 Å². The molecule has 3 atom stereocenters. The quantitative estimate of drug-likeness (QED) is 0.0328. The number of ether oxygens (including phenoxy) is 1. The maximum absolute atomic E-state index is 13.1. The first kappa shape index (κ1) is 51.6. The topological polar surface area (TPSA) is 95.9 Å². The third-order valence-corrected chi connectivity index (χ3v) is 10.8. The summed E-state index contributed by atoms with van der Waals surface area (Å²) in [5.74, 6) is -0.483. The Morgan fingerprint density at radius 3 is 1.34 bits per heavy atom. The van der Waals surface area contributed by atoms with Gasteiger partial charge in [0.05, 0.1) is 25.2 Å². The number of nitrogens with one attached hydrogen (secondary N) is 1. The Bertz CT molecular complexity index is 802. The van der Waals surface area contributed by atoms with Crippen molar-refractivity contribution in [2.75, 3.05) is 6.61 Å². The van der Waals surface area contributed by atoms with Crippen molar-refractivity contribution in [3.05, 3.63) is 12.2 Å². The molecule has 0 radical (unpaired) electrons. The molecular weight excluding hydrogens is 659 g/mol. The summed E-state index contributed by atoms with van der Waals surface area (Å²) in [6, 6.07) is -0.695. The molecule has 0 aliphatic carbocycles. The molecule has 3 N–H and O–H groups in total. The molecular formula is C47H91NO5. The number of rotatable bonds is 42. The van der Waals surface area contributed by atoms with E-state index in [1.165, 1.54) is 154 Å². The fraction of sp³-hybridized carbons (Fsp3) is 0.915. The van der Waals surface area contributed by atoms with Gasteiger partial charge in [0.2, 0.25) is 5.91 Å². The molecule has 3 unspecified atom stereocenters. The normalized spacial score (nSPS) is 13.4. The first-order valence-electron chi connectivity index (χ1n) is 23.4. The van der Waals surface area contributed by atoms with Crippen molar-refractivity contribution < 1.29 is 24.5 Å². The molecule has 0 rings (SSSR count). The van der Waals surface area contributed by atoms with E-state index >= 15 is 0 Å². The lowest BCUT2D eigenvalue weighted by Gasteiger charge is -2.24. The molecule has 0 saturated heterocycles. The standard InChI is InChI=1S/C47H91NO5/c1-4-7-10-13-16-19-22-23-24-25-28-31-34-37-40-47(52)53-43(38-35-32-29-26-20-17-14-11-8-5-2)41-46(51)48-44(42-49)45(50)39-36-33-30-27-21-18-15-12-9-6-3/h24-25,43-45,49-50H,4-23,26-42H2,1-3H3,(H,48,51)/b25-24-. The zero-order chi connectivity index (χ0) is 38.9. The van der Waals surface area contributed by atoms with Gasteiger partial charge in [0.15, 0.2) is 0 Å². The highest BCUT2D eigenvalue weighted by Crippen LogP contribution is 2.18. The number of allylic oxidation sites excluding steroid dienone is 2. The Morgan fingerprint density at radius 2 is 0.906 bits per heavy atom. The third kappa shape index (κ3) is 37.3. The summed E-state index contributed by atoms with van der Waals surface area (Å²) >= 11 is 0. The van der Waals surface area contributed by atoms with Gasteiger partial charge >= 0.3 is 5.97 Å². The van der Waals surface area contributed by atoms with Crippen LogP contribution in [0.15, 0.2) is 12.2 Å². The molecule has 6 nitrogen and oxygen atoms in total. The number of carbonyl (C=O) groups is 2. The van der Waals surface area contributed by atoms with Gasteiger partial charge in [0.1, 0.15) is 6.10 Å². The Kier molecular flexibility index (Phi) is 40.7. The van der Waals surface area contributed by atoms with Gasteiger partial charge in [-0.1, -0.05) is 200 Å². The van der Waals surface area contributed by atoms with Crippen LogP contribution in [0.4, 0.5) is 0 Å². The summed E-state index contributed by atoms with van der Waals surface area (Å²) < 4.78 is 5.89. The lowest BCUT2D eigenvalue weighted by atomic mass is 10.0. The predicted molar refractivity (Wildman–Crippen MR) is 227 cm³/mol. The van der Waals surface area contributed by atoms with Crippen molar-refractivity contribution in [3.8, 4) is 0 Å². The second-order valence-electron chi connectivity index (χ2n) is 16.2. The van der Waals surface area contributed by atoms with Crippen LogP contribution >= 0.6 is 0 Å². The van der Waals surface area contributed by atoms with Crippen molar-refractivity contribution in [3.63, 3.8) is 0 Å². The third-order valence-electron chi connectivity index (χ3n) is 10.8. The van der Waals surface area contributed by atoms with Crippen LogP contribution in [-0.4, -0.2) is 46.9 Å². The van der Waals surface area contributed by atoms with Crippen LogP contribution < -0.4 is 5.32 Å². The zero-order valence-corrected chi connectivity index (χ0v) is 35.7. The average Bonchev–Trinajstić information content (AvgIpc) is 3.15. The van der Waals surface area contributed by atoms with Gasteiger partial charge in [0, 0.05) is 6.42 Å². The molecule has 0 fully saturated rings. The van der Waals surface area contributed by atoms with Gasteiger partial charge in [-0.05, 0) is 51.4 Å². The van der Waals surface area contributed by atoms with Crippen molar-refractivity contribution in [1.82, 2.24) is 5.32 Å². The number of aliphatic hydroxyl groups excluding tert-OH is 2. The van der Waals surface area contributed by atoms with Crippen LogP contribution in [0.5, 0.6) is 0 Å². The predicted octanol–water partition coefficient (Wildman–Crippen LogP) is 13.4. The summed E-state index contributed by atoms with van der Waals surface area (Å²) in [6.07, 6.45) is 44.1. The molecule has 0 bridgehead atoms. The van der Waals surface area contributed by atoms with E-state index < -0.39 is 18.2 Å². The van der Waals surface area contributed by atoms with E-state index in [4.69, 9.17) is 4.74 Å². The monoisotopic (exact) mass is 750 g/mol. The molecule has 0 aliphatic heterocycles. The largest absolute Gasteiger partial charge is 0.462 e. The maximum Gasteiger partial charge on any atom is 0.306 e. The number of carbonyl (C=O) groups excluding carboxylic acids is 2. The van der Waals surface area contributed by atoms with Crippen LogP contribution in [0.1, 0.15) is 252 Å². The van der Waals surface area contributed by atoms with E-state index in [1.807, 2.05) is 0 Å². The van der Waals surface area contributed by atoms with Gasteiger partial charge in [-0.15, -0.1) is 0 Å². The van der Waals surface area contributed by atoms with Crippen LogP contribution in [0.3, 0.4) is 0 Å². The molecule has 0 saturated carbocycles. The van der Waals surface area contributed by atoms with Crippen LogP contribution in [0, 0.1) is 0 Å². The second kappa shape index (κ2) is 41.8. The number of esters is 1. The molecule has 0 aromatic carbocycles. The molecule has 0 aromatic rings. The van der Waals surface area contributed by atoms with E-state index in [9.17, 15) is 19.8 Å². The van der Waals surface area contributed by atoms with Crippen molar-refractivity contribution in [1.29, 1.82) is 0 Å². The first-order chi connectivity index (χ1) is 26.0. The van der Waals surface area contributed by atoms with Crippen molar-refractivity contribution >= 4 is 11.9 Å². The Morgan fingerprint density at radius 1 is 0.528 bits per heavy atom. The lowest BCUT2D eigenvalue weighted by Crippen LogP contribution is -2.46. The molecule has 0 heterocycles. The van der Waals surface area contributed by atoms with E-state index in [2.05, 4.69) is 38.2 Å². The summed E-state index contributed by atoms with van der Waals surface area (Å²) in [6.45, 7) is 6.46. The summed E-state index contributed by atoms with van der Waals surface area (Å²) in [7, 11) is 0. The molecule has 314 valence electrons. The SMILES string of the molecule is CCCCCCCCC/C=C\CCCCCC(=O)OC(CCCCCCCCCCCC)CC(=O)NC(CO)C(O)CCCCCCCCCCCC. The second-order valence-corrected chi connectivity index (χ2v) is 16.2. The molecule has 1 amide bonds. The van der Waals surface area contributed by atoms with Crippen LogP contribution in [0.25, 0.3) is 0 Å². The number of unbranched alkanes of at least 4 members (excludes halogenated alkanes) is 28. The smallest absolute Gasteiger partial charge is 0.306 e. The molecule has 53 heavy (non-hydrogen) atoms. The molecule has 6 heteroatoms. The first-order valence-corrected chi connectivity index (χ1v) is 23.4. The summed E-state index contributed by atoms with van der Waals surface area (Å²) in [5.41, 5.74) is 0. The van der Waals surface area contributed by atoms with E-state index in [0.717, 1.165) is 51.4 Å². The Balaban J connectivity index is 4.55. The van der Waals surface area contributed by atoms with E-state index in [0.29, 0.717) is 19.3 Å². The van der Waals surface area contributed by atoms with Crippen LogP contribution in [-0.2, 0) is 14.3 Å². The Hall–Kier alpha value is -1.40. The number of aliphatic hydroxyl groups is 2. The Labute approximate surface area is 329 Å². The van der Waals surface area contributed by atoms with Crippen LogP contribution in [0.2, 0.25) is 0 Å². The fourth-order valence-corrected chi connectivity index (χ4v) is 7.25. The number of hydrogen-bond acceptors (Lipinski definition) is 5. The highest BCUT2D eigenvalue weighted by Gasteiger charge is 2.24. The van der Waals surface area contributed by atoms with Gasteiger partial charge < -0.3 is 20.3 Å². The van der Waals surface area contributed by atoms with Gasteiger partial charge in [0.25, 0.3) is 0 Å². The highest BCUT2D eigenvalue weighted by molar-refractivity contribution is 5.77. The van der Waals surface area contributed by atoms with Crippen molar-refractivity contribution in [2.24, 2.45) is 0 Å². The minimum absolute atomic E-state index is 0.0776. The maximum atomic E-state index is 13.1. The number of hydrogen-bond donors (Lipinski definition) is 3. The van der Waals surface area contributed by atoms with Gasteiger partial charge in [-0.25, -0.2) is 0 Å². The fourth-order valence-electron chi connectivity index (χ4n) is 7.25. The van der Waals surface area contributed by atoms with Crippen molar-refractivity contribution in [2.45, 2.75) is 270 Å². The lowest BCUT2D eigenvalue weighted by molar-refractivity contribution is -0.151. The average molecular weight is 750 g/mol. The number of amides is 1. The molecule has 0 aliphatic rings.